The van der Waals surface area contributed by atoms with E-state index in [1.807, 2.05) is 11.8 Å². The fourth-order valence-electron chi connectivity index (χ4n) is 1.87. The van der Waals surface area contributed by atoms with E-state index in [0.29, 0.717) is 6.54 Å². The number of benzene rings is 1. The first-order valence-corrected chi connectivity index (χ1v) is 6.71. The number of hydrogen-bond acceptors (Lipinski definition) is 4. The van der Waals surface area contributed by atoms with Crippen LogP contribution in [0.1, 0.15) is 18.9 Å². The van der Waals surface area contributed by atoms with E-state index in [-0.39, 0.29) is 23.2 Å². The van der Waals surface area contributed by atoms with Crippen LogP contribution in [0, 0.1) is 10.1 Å². The average Bonchev–Trinajstić information content (AvgIpc) is 2.40. The number of likely N-dealkylation sites (N-methyl/N-ethyl adjacent to an activating group) is 1. The molecule has 1 aromatic rings. The fourth-order valence-corrected chi connectivity index (χ4v) is 2.05. The van der Waals surface area contributed by atoms with Gasteiger partial charge in [-0.25, -0.2) is 0 Å². The smallest absolute Gasteiger partial charge is 0.288 e. The third-order valence-electron chi connectivity index (χ3n) is 2.80. The molecule has 7 heteroatoms. The van der Waals surface area contributed by atoms with Crippen LogP contribution in [0.5, 0.6) is 0 Å². The molecule has 1 rings (SSSR count). The third-order valence-corrected chi connectivity index (χ3v) is 3.12. The number of amides is 1. The lowest BCUT2D eigenvalue weighted by molar-refractivity contribution is -0.384. The molecule has 0 heterocycles. The number of halogens is 1. The van der Waals surface area contributed by atoms with E-state index in [0.717, 1.165) is 18.5 Å². The van der Waals surface area contributed by atoms with Crippen molar-refractivity contribution in [1.82, 2.24) is 10.2 Å². The third kappa shape index (κ3) is 4.79. The molecule has 0 atom stereocenters. The molecule has 20 heavy (non-hydrogen) atoms. The number of nitrogens with zero attached hydrogens (tertiary/aromatic N) is 2. The van der Waals surface area contributed by atoms with Crippen LogP contribution in [0.3, 0.4) is 0 Å². The summed E-state index contributed by atoms with van der Waals surface area (Å²) in [5.41, 5.74) is 0.652. The van der Waals surface area contributed by atoms with Gasteiger partial charge in [0.2, 0.25) is 5.91 Å². The lowest BCUT2D eigenvalue weighted by Gasteiger charge is -2.20. The molecule has 1 N–H and O–H groups in total. The highest BCUT2D eigenvalue weighted by Crippen LogP contribution is 2.25. The molecule has 0 spiro atoms. The van der Waals surface area contributed by atoms with E-state index in [2.05, 4.69) is 5.32 Å². The molecule has 0 aliphatic carbocycles. The summed E-state index contributed by atoms with van der Waals surface area (Å²) in [7, 11) is 1.58. The van der Waals surface area contributed by atoms with Crippen LogP contribution in [-0.2, 0) is 11.3 Å². The minimum absolute atomic E-state index is 0.0816. The SMILES string of the molecule is CCCN(CC(=O)NC)Cc1ccc(Cl)c([N+](=O)[O-])c1. The second kappa shape index (κ2) is 7.81. The van der Waals surface area contributed by atoms with Crippen LogP contribution in [0.25, 0.3) is 0 Å². The molecule has 1 amide bonds. The Hall–Kier alpha value is -1.66. The summed E-state index contributed by atoms with van der Waals surface area (Å²) in [6, 6.07) is 4.70. The molecule has 0 bridgehead atoms. The van der Waals surface area contributed by atoms with Gasteiger partial charge in [-0.05, 0) is 24.6 Å². The Morgan fingerprint density at radius 2 is 2.20 bits per heavy atom. The van der Waals surface area contributed by atoms with E-state index in [4.69, 9.17) is 11.6 Å². The Morgan fingerprint density at radius 3 is 2.75 bits per heavy atom. The molecule has 0 saturated carbocycles. The van der Waals surface area contributed by atoms with Gasteiger partial charge in [0.15, 0.2) is 0 Å². The van der Waals surface area contributed by atoms with E-state index < -0.39 is 4.92 Å². The second-order valence-corrected chi connectivity index (χ2v) is 4.83. The second-order valence-electron chi connectivity index (χ2n) is 4.43. The number of rotatable bonds is 7. The van der Waals surface area contributed by atoms with Crippen molar-refractivity contribution in [2.75, 3.05) is 20.1 Å². The minimum atomic E-state index is -0.505. The molecule has 0 saturated heterocycles. The van der Waals surface area contributed by atoms with Gasteiger partial charge in [-0.1, -0.05) is 24.6 Å². The van der Waals surface area contributed by atoms with Gasteiger partial charge in [0, 0.05) is 19.7 Å². The molecule has 0 aliphatic rings. The largest absolute Gasteiger partial charge is 0.358 e. The summed E-state index contributed by atoms with van der Waals surface area (Å²) in [6.07, 6.45) is 0.896. The van der Waals surface area contributed by atoms with E-state index in [1.54, 1.807) is 13.1 Å². The van der Waals surface area contributed by atoms with Crippen molar-refractivity contribution in [3.8, 4) is 0 Å². The number of nitro groups is 1. The van der Waals surface area contributed by atoms with Gasteiger partial charge in [0.05, 0.1) is 11.5 Å². The van der Waals surface area contributed by atoms with Crippen molar-refractivity contribution in [3.63, 3.8) is 0 Å². The average molecular weight is 300 g/mol. The molecular weight excluding hydrogens is 282 g/mol. The Kier molecular flexibility index (Phi) is 6.41. The van der Waals surface area contributed by atoms with Gasteiger partial charge in [-0.15, -0.1) is 0 Å². The number of carbonyl (C=O) groups excluding carboxylic acids is 1. The maximum absolute atomic E-state index is 11.4. The van der Waals surface area contributed by atoms with Crippen molar-refractivity contribution in [3.05, 3.63) is 38.9 Å². The Balaban J connectivity index is 2.85. The molecule has 0 radical (unpaired) electrons. The predicted molar refractivity (Wildman–Crippen MR) is 77.7 cm³/mol. The normalized spacial score (nSPS) is 10.6. The first-order valence-electron chi connectivity index (χ1n) is 6.33. The quantitative estimate of drug-likeness (QED) is 0.618. The topological polar surface area (TPSA) is 75.5 Å². The summed E-state index contributed by atoms with van der Waals surface area (Å²) in [5.74, 6) is -0.0816. The highest BCUT2D eigenvalue weighted by molar-refractivity contribution is 6.32. The van der Waals surface area contributed by atoms with Crippen molar-refractivity contribution in [2.24, 2.45) is 0 Å². The van der Waals surface area contributed by atoms with Gasteiger partial charge in [-0.2, -0.15) is 0 Å². The Labute approximate surface area is 122 Å². The van der Waals surface area contributed by atoms with Gasteiger partial charge >= 0.3 is 0 Å². The molecule has 1 aromatic carbocycles. The molecule has 6 nitrogen and oxygen atoms in total. The van der Waals surface area contributed by atoms with Crippen LogP contribution in [-0.4, -0.2) is 35.9 Å². The van der Waals surface area contributed by atoms with Crippen LogP contribution in [0.2, 0.25) is 5.02 Å². The standard InChI is InChI=1S/C13H18ClN3O3/c1-3-6-16(9-13(18)15-2)8-10-4-5-11(14)12(7-10)17(19)20/h4-5,7H,3,6,8-9H2,1-2H3,(H,15,18). The highest BCUT2D eigenvalue weighted by atomic mass is 35.5. The van der Waals surface area contributed by atoms with Crippen molar-refractivity contribution in [1.29, 1.82) is 0 Å². The van der Waals surface area contributed by atoms with Gasteiger partial charge in [-0.3, -0.25) is 19.8 Å². The van der Waals surface area contributed by atoms with Crippen molar-refractivity contribution < 1.29 is 9.72 Å². The Morgan fingerprint density at radius 1 is 1.50 bits per heavy atom. The zero-order valence-electron chi connectivity index (χ0n) is 11.6. The Bertz CT molecular complexity index is 494. The molecule has 0 unspecified atom stereocenters. The van der Waals surface area contributed by atoms with Crippen LogP contribution >= 0.6 is 11.6 Å². The van der Waals surface area contributed by atoms with Crippen LogP contribution in [0.15, 0.2) is 18.2 Å². The van der Waals surface area contributed by atoms with Crippen molar-refractivity contribution >= 4 is 23.2 Å². The predicted octanol–water partition coefficient (Wildman–Crippen LogP) is 2.21. The highest BCUT2D eigenvalue weighted by Gasteiger charge is 2.15. The van der Waals surface area contributed by atoms with Crippen LogP contribution in [0.4, 0.5) is 5.69 Å². The fraction of sp³-hybridized carbons (Fsp3) is 0.462. The van der Waals surface area contributed by atoms with Crippen LogP contribution < -0.4 is 5.32 Å². The first kappa shape index (κ1) is 16.4. The summed E-state index contributed by atoms with van der Waals surface area (Å²) >= 11 is 5.78. The summed E-state index contributed by atoms with van der Waals surface area (Å²) in [5, 5.41) is 13.5. The molecule has 0 aromatic heterocycles. The summed E-state index contributed by atoms with van der Waals surface area (Å²) in [4.78, 5) is 23.7. The van der Waals surface area contributed by atoms with E-state index >= 15 is 0 Å². The van der Waals surface area contributed by atoms with Gasteiger partial charge in [0.1, 0.15) is 5.02 Å². The maximum atomic E-state index is 11.4. The summed E-state index contributed by atoms with van der Waals surface area (Å²) in [6.45, 7) is 3.49. The number of carbonyl (C=O) groups is 1. The van der Waals surface area contributed by atoms with Gasteiger partial charge < -0.3 is 5.32 Å². The minimum Gasteiger partial charge on any atom is -0.358 e. The summed E-state index contributed by atoms with van der Waals surface area (Å²) < 4.78 is 0. The molecule has 110 valence electrons. The molecular formula is C13H18ClN3O3. The zero-order chi connectivity index (χ0) is 15.1. The van der Waals surface area contributed by atoms with Crippen molar-refractivity contribution in [2.45, 2.75) is 19.9 Å². The van der Waals surface area contributed by atoms with Gasteiger partial charge in [0.25, 0.3) is 5.69 Å². The van der Waals surface area contributed by atoms with E-state index in [9.17, 15) is 14.9 Å². The monoisotopic (exact) mass is 299 g/mol. The molecule has 0 aliphatic heterocycles. The zero-order valence-corrected chi connectivity index (χ0v) is 12.3. The van der Waals surface area contributed by atoms with E-state index in [1.165, 1.54) is 12.1 Å². The lowest BCUT2D eigenvalue weighted by atomic mass is 10.2. The first-order chi connectivity index (χ1) is 9.47. The number of nitrogens with one attached hydrogen (secondary N) is 1. The molecule has 0 fully saturated rings. The number of nitro benzene ring substituents is 1. The lowest BCUT2D eigenvalue weighted by Crippen LogP contribution is -2.35. The maximum Gasteiger partial charge on any atom is 0.288 e. The number of hydrogen-bond donors (Lipinski definition) is 1.